The first-order valence-electron chi connectivity index (χ1n) is 9.04. The van der Waals surface area contributed by atoms with Crippen LogP contribution in [0, 0.1) is 0 Å². The molecule has 2 saturated heterocycles. The minimum absolute atomic E-state index is 0.000185. The molecule has 2 aliphatic rings. The third-order valence-electron chi connectivity index (χ3n) is 4.92. The smallest absolute Gasteiger partial charge is 0.323 e. The van der Waals surface area contributed by atoms with Gasteiger partial charge in [-0.15, -0.1) is 0 Å². The first-order chi connectivity index (χ1) is 12.1. The van der Waals surface area contributed by atoms with Gasteiger partial charge in [0, 0.05) is 45.3 Å². The summed E-state index contributed by atoms with van der Waals surface area (Å²) in [6.07, 6.45) is 2.88. The van der Waals surface area contributed by atoms with Crippen LogP contribution in [0.25, 0.3) is 0 Å². The maximum absolute atomic E-state index is 12.6. The Bertz CT molecular complexity index is 624. The molecule has 0 aromatic carbocycles. The number of carbonyl (C=O) groups is 2. The molecule has 3 amide bonds. The molecular formula is C17H27N5O3. The standard InChI is InChI=1S/C17H27N5O3/c1-3-21-7-5-8-22(11-16(21)23)17(24)18-15-10-14(19-20(15)2)13-6-4-9-25-12-13/h10,13H,3-9,11-12H2,1-2H3,(H,18,24)/t13-/m1/s1. The average molecular weight is 349 g/mol. The first kappa shape index (κ1) is 17.7. The largest absolute Gasteiger partial charge is 0.381 e. The Morgan fingerprint density at radius 2 is 2.24 bits per heavy atom. The quantitative estimate of drug-likeness (QED) is 0.894. The third kappa shape index (κ3) is 4.12. The number of nitrogens with zero attached hydrogens (tertiary/aromatic N) is 4. The molecule has 1 atom stereocenters. The van der Waals surface area contributed by atoms with Gasteiger partial charge in [0.05, 0.1) is 12.3 Å². The zero-order valence-corrected chi connectivity index (χ0v) is 15.0. The number of ether oxygens (including phenoxy) is 1. The lowest BCUT2D eigenvalue weighted by atomic mass is 9.99. The zero-order valence-electron chi connectivity index (χ0n) is 15.0. The van der Waals surface area contributed by atoms with Gasteiger partial charge in [-0.3, -0.25) is 14.8 Å². The number of hydrogen-bond donors (Lipinski definition) is 1. The number of carbonyl (C=O) groups excluding carboxylic acids is 2. The van der Waals surface area contributed by atoms with E-state index in [1.807, 2.05) is 20.0 Å². The molecule has 1 aromatic heterocycles. The lowest BCUT2D eigenvalue weighted by molar-refractivity contribution is -0.130. The molecule has 1 N–H and O–H groups in total. The van der Waals surface area contributed by atoms with E-state index in [9.17, 15) is 9.59 Å². The highest BCUT2D eigenvalue weighted by molar-refractivity contribution is 5.92. The second-order valence-electron chi connectivity index (χ2n) is 6.67. The summed E-state index contributed by atoms with van der Waals surface area (Å²) in [7, 11) is 1.81. The van der Waals surface area contributed by atoms with Crippen LogP contribution in [0.1, 0.15) is 37.8 Å². The van der Waals surface area contributed by atoms with Gasteiger partial charge in [-0.25, -0.2) is 4.79 Å². The van der Waals surface area contributed by atoms with Crippen LogP contribution in [0.3, 0.4) is 0 Å². The van der Waals surface area contributed by atoms with E-state index in [1.165, 1.54) is 0 Å². The van der Waals surface area contributed by atoms with Crippen molar-refractivity contribution in [2.45, 2.75) is 32.1 Å². The predicted molar refractivity (Wildman–Crippen MR) is 93.5 cm³/mol. The number of urea groups is 1. The van der Waals surface area contributed by atoms with Crippen molar-refractivity contribution in [2.24, 2.45) is 7.05 Å². The monoisotopic (exact) mass is 349 g/mol. The van der Waals surface area contributed by atoms with E-state index in [1.54, 1.807) is 14.5 Å². The first-order valence-corrected chi connectivity index (χ1v) is 9.04. The Hall–Kier alpha value is -2.09. The highest BCUT2D eigenvalue weighted by atomic mass is 16.5. The van der Waals surface area contributed by atoms with Crippen LogP contribution in [-0.4, -0.2) is 70.9 Å². The highest BCUT2D eigenvalue weighted by Crippen LogP contribution is 2.26. The molecule has 8 nitrogen and oxygen atoms in total. The van der Waals surface area contributed by atoms with E-state index in [-0.39, 0.29) is 24.4 Å². The summed E-state index contributed by atoms with van der Waals surface area (Å²) >= 11 is 0. The van der Waals surface area contributed by atoms with Crippen molar-refractivity contribution in [1.29, 1.82) is 0 Å². The summed E-state index contributed by atoms with van der Waals surface area (Å²) in [6.45, 7) is 5.54. The fourth-order valence-corrected chi connectivity index (χ4v) is 3.40. The summed E-state index contributed by atoms with van der Waals surface area (Å²) in [4.78, 5) is 28.1. The molecule has 0 bridgehead atoms. The maximum atomic E-state index is 12.6. The van der Waals surface area contributed by atoms with Crippen molar-refractivity contribution in [1.82, 2.24) is 19.6 Å². The van der Waals surface area contributed by atoms with Gasteiger partial charge in [-0.05, 0) is 26.2 Å². The number of aryl methyl sites for hydroxylation is 1. The number of amides is 3. The van der Waals surface area contributed by atoms with Gasteiger partial charge >= 0.3 is 6.03 Å². The van der Waals surface area contributed by atoms with E-state index in [2.05, 4.69) is 10.4 Å². The predicted octanol–water partition coefficient (Wildman–Crippen LogP) is 1.40. The molecule has 138 valence electrons. The van der Waals surface area contributed by atoms with Crippen molar-refractivity contribution in [3.05, 3.63) is 11.8 Å². The SMILES string of the molecule is CCN1CCCN(C(=O)Nc2cc([C@@H]3CCCOC3)nn2C)CC1=O. The fraction of sp³-hybridized carbons (Fsp3) is 0.706. The van der Waals surface area contributed by atoms with Crippen molar-refractivity contribution < 1.29 is 14.3 Å². The molecule has 2 aliphatic heterocycles. The van der Waals surface area contributed by atoms with Crippen molar-refractivity contribution in [2.75, 3.05) is 44.7 Å². The van der Waals surface area contributed by atoms with Crippen molar-refractivity contribution >= 4 is 17.8 Å². The fourth-order valence-electron chi connectivity index (χ4n) is 3.40. The van der Waals surface area contributed by atoms with Gasteiger partial charge in [-0.2, -0.15) is 5.10 Å². The highest BCUT2D eigenvalue weighted by Gasteiger charge is 2.25. The summed E-state index contributed by atoms with van der Waals surface area (Å²) in [5, 5.41) is 7.42. The zero-order chi connectivity index (χ0) is 17.8. The lowest BCUT2D eigenvalue weighted by Crippen LogP contribution is -2.41. The van der Waals surface area contributed by atoms with Crippen LogP contribution in [0.5, 0.6) is 0 Å². The van der Waals surface area contributed by atoms with Crippen LogP contribution in [-0.2, 0) is 16.6 Å². The van der Waals surface area contributed by atoms with E-state index in [0.29, 0.717) is 32.1 Å². The summed E-state index contributed by atoms with van der Waals surface area (Å²) in [5.74, 6) is 0.929. The van der Waals surface area contributed by atoms with Crippen molar-refractivity contribution in [3.8, 4) is 0 Å². The van der Waals surface area contributed by atoms with Gasteiger partial charge in [0.2, 0.25) is 5.91 Å². The second kappa shape index (κ2) is 7.86. The van der Waals surface area contributed by atoms with E-state index in [4.69, 9.17) is 4.74 Å². The van der Waals surface area contributed by atoms with Crippen LogP contribution < -0.4 is 5.32 Å². The van der Waals surface area contributed by atoms with Crippen LogP contribution in [0.15, 0.2) is 6.07 Å². The molecule has 0 spiro atoms. The molecule has 25 heavy (non-hydrogen) atoms. The van der Waals surface area contributed by atoms with Gasteiger partial charge in [0.1, 0.15) is 12.4 Å². The number of likely N-dealkylation sites (N-methyl/N-ethyl adjacent to an activating group) is 1. The molecule has 1 aromatic rings. The Kier molecular flexibility index (Phi) is 5.57. The van der Waals surface area contributed by atoms with Gasteiger partial charge in [-0.1, -0.05) is 0 Å². The molecule has 0 aliphatic carbocycles. The molecule has 3 heterocycles. The van der Waals surface area contributed by atoms with E-state index in [0.717, 1.165) is 31.6 Å². The van der Waals surface area contributed by atoms with Crippen LogP contribution >= 0.6 is 0 Å². The van der Waals surface area contributed by atoms with Crippen LogP contribution in [0.4, 0.5) is 10.6 Å². The number of anilines is 1. The van der Waals surface area contributed by atoms with Gasteiger partial charge in [0.15, 0.2) is 0 Å². The number of hydrogen-bond acceptors (Lipinski definition) is 4. The second-order valence-corrected chi connectivity index (χ2v) is 6.67. The van der Waals surface area contributed by atoms with E-state index < -0.39 is 0 Å². The molecule has 3 rings (SSSR count). The minimum atomic E-state index is -0.249. The lowest BCUT2D eigenvalue weighted by Gasteiger charge is -2.21. The molecular weight excluding hydrogens is 322 g/mol. The van der Waals surface area contributed by atoms with Crippen molar-refractivity contribution in [3.63, 3.8) is 0 Å². The molecule has 0 radical (unpaired) electrons. The minimum Gasteiger partial charge on any atom is -0.381 e. The van der Waals surface area contributed by atoms with Gasteiger partial charge in [0.25, 0.3) is 0 Å². The number of rotatable bonds is 3. The maximum Gasteiger partial charge on any atom is 0.323 e. The number of aromatic nitrogens is 2. The van der Waals surface area contributed by atoms with Crippen LogP contribution in [0.2, 0.25) is 0 Å². The normalized spacial score (nSPS) is 22.0. The summed E-state index contributed by atoms with van der Waals surface area (Å²) < 4.78 is 7.20. The average Bonchev–Trinajstić information content (AvgIpc) is 2.87. The molecule has 8 heteroatoms. The Balaban J connectivity index is 1.64. The molecule has 2 fully saturated rings. The Morgan fingerprint density at radius 1 is 1.40 bits per heavy atom. The Labute approximate surface area is 148 Å². The Morgan fingerprint density at radius 3 is 2.96 bits per heavy atom. The summed E-state index contributed by atoms with van der Waals surface area (Å²) in [5.41, 5.74) is 0.946. The third-order valence-corrected chi connectivity index (χ3v) is 4.92. The van der Waals surface area contributed by atoms with Gasteiger partial charge < -0.3 is 14.5 Å². The molecule has 0 saturated carbocycles. The summed E-state index contributed by atoms with van der Waals surface area (Å²) in [6, 6.07) is 1.66. The number of nitrogens with one attached hydrogen (secondary N) is 1. The topological polar surface area (TPSA) is 79.7 Å². The molecule has 0 unspecified atom stereocenters. The van der Waals surface area contributed by atoms with E-state index >= 15 is 0 Å².